The van der Waals surface area contributed by atoms with Gasteiger partial charge in [0.05, 0.1) is 11.4 Å². The number of nitrogens with zero attached hydrogens (tertiary/aromatic N) is 2. The molecule has 4 rings (SSSR count). The first-order valence-electron chi connectivity index (χ1n) is 6.73. The average molecular weight is 258 g/mol. The third-order valence-corrected chi connectivity index (χ3v) is 3.86. The number of benzene rings is 2. The Bertz CT molecular complexity index is 814. The molecule has 0 fully saturated rings. The van der Waals surface area contributed by atoms with Crippen molar-refractivity contribution in [1.82, 2.24) is 4.98 Å². The third kappa shape index (κ3) is 1.55. The Morgan fingerprint density at radius 1 is 0.900 bits per heavy atom. The summed E-state index contributed by atoms with van der Waals surface area (Å²) in [4.78, 5) is 6.70. The molecule has 0 saturated carbocycles. The quantitative estimate of drug-likeness (QED) is 0.651. The van der Waals surface area contributed by atoms with Crippen molar-refractivity contribution in [2.24, 2.45) is 0 Å². The van der Waals surface area contributed by atoms with Crippen LogP contribution in [-0.4, -0.2) is 12.0 Å². The minimum Gasteiger partial charge on any atom is -0.342 e. The lowest BCUT2D eigenvalue weighted by Gasteiger charge is -2.28. The molecule has 0 atom stereocenters. The summed E-state index contributed by atoms with van der Waals surface area (Å²) in [7, 11) is 2.10. The Kier molecular flexibility index (Phi) is 2.36. The van der Waals surface area contributed by atoms with Gasteiger partial charge < -0.3 is 4.90 Å². The normalized spacial score (nSPS) is 13.4. The number of hydrogen-bond donors (Lipinski definition) is 0. The van der Waals surface area contributed by atoms with Crippen molar-refractivity contribution in [3.05, 3.63) is 72.1 Å². The second kappa shape index (κ2) is 4.20. The second-order valence-corrected chi connectivity index (χ2v) is 5.03. The molecular formula is C18H14N2. The van der Waals surface area contributed by atoms with Crippen LogP contribution in [0.4, 0.5) is 5.69 Å². The number of pyridine rings is 1. The van der Waals surface area contributed by atoms with Gasteiger partial charge in [0.25, 0.3) is 0 Å². The van der Waals surface area contributed by atoms with E-state index in [0.29, 0.717) is 0 Å². The van der Waals surface area contributed by atoms with Gasteiger partial charge in [0.15, 0.2) is 0 Å². The smallest absolute Gasteiger partial charge is 0.0866 e. The molecular weight excluding hydrogens is 244 g/mol. The monoisotopic (exact) mass is 258 g/mol. The van der Waals surface area contributed by atoms with E-state index in [4.69, 9.17) is 0 Å². The highest BCUT2D eigenvalue weighted by Crippen LogP contribution is 2.38. The van der Waals surface area contributed by atoms with E-state index in [1.165, 1.54) is 22.0 Å². The average Bonchev–Trinajstić information content (AvgIpc) is 2.52. The van der Waals surface area contributed by atoms with E-state index >= 15 is 0 Å². The lowest BCUT2D eigenvalue weighted by molar-refractivity contribution is 1.17. The summed E-state index contributed by atoms with van der Waals surface area (Å²) in [5, 5.41) is 2.60. The van der Waals surface area contributed by atoms with Crippen LogP contribution < -0.4 is 4.90 Å². The fourth-order valence-electron chi connectivity index (χ4n) is 2.88. The SMILES string of the molecule is CN1C(c2ccccn2)=Cc2cccc3cccc1c23. The first-order chi connectivity index (χ1) is 9.84. The zero-order chi connectivity index (χ0) is 13.5. The standard InChI is InChI=1S/C18H14N2/c1-20-16-10-5-7-13-6-4-8-14(18(13)16)12-17(20)15-9-2-3-11-19-15/h2-12H,1H3. The number of hydrogen-bond acceptors (Lipinski definition) is 2. The zero-order valence-electron chi connectivity index (χ0n) is 11.2. The van der Waals surface area contributed by atoms with Crippen molar-refractivity contribution in [1.29, 1.82) is 0 Å². The molecule has 0 amide bonds. The predicted octanol–water partition coefficient (Wildman–Crippen LogP) is 4.18. The van der Waals surface area contributed by atoms with Gasteiger partial charge in [-0.2, -0.15) is 0 Å². The highest BCUT2D eigenvalue weighted by Gasteiger charge is 2.19. The van der Waals surface area contributed by atoms with E-state index in [1.807, 2.05) is 18.3 Å². The molecule has 0 saturated heterocycles. The molecule has 96 valence electrons. The number of aromatic nitrogens is 1. The summed E-state index contributed by atoms with van der Waals surface area (Å²) in [6, 6.07) is 18.9. The highest BCUT2D eigenvalue weighted by molar-refractivity contribution is 6.09. The molecule has 0 radical (unpaired) electrons. The van der Waals surface area contributed by atoms with Gasteiger partial charge in [-0.1, -0.05) is 36.4 Å². The van der Waals surface area contributed by atoms with E-state index in [0.717, 1.165) is 11.4 Å². The van der Waals surface area contributed by atoms with Crippen molar-refractivity contribution in [3.63, 3.8) is 0 Å². The van der Waals surface area contributed by atoms with Gasteiger partial charge >= 0.3 is 0 Å². The maximum absolute atomic E-state index is 4.48. The van der Waals surface area contributed by atoms with Gasteiger partial charge in [-0.3, -0.25) is 4.98 Å². The van der Waals surface area contributed by atoms with Gasteiger partial charge in [-0.25, -0.2) is 0 Å². The highest BCUT2D eigenvalue weighted by atomic mass is 15.1. The maximum atomic E-state index is 4.48. The van der Waals surface area contributed by atoms with E-state index in [-0.39, 0.29) is 0 Å². The molecule has 0 unspecified atom stereocenters. The van der Waals surface area contributed by atoms with Crippen LogP contribution in [0, 0.1) is 0 Å². The minimum atomic E-state index is 1.00. The fraction of sp³-hybridized carbons (Fsp3) is 0.0556. The molecule has 1 aliphatic heterocycles. The van der Waals surface area contributed by atoms with Crippen LogP contribution in [0.2, 0.25) is 0 Å². The summed E-state index contributed by atoms with van der Waals surface area (Å²) < 4.78 is 0. The van der Waals surface area contributed by atoms with Gasteiger partial charge in [0.1, 0.15) is 0 Å². The van der Waals surface area contributed by atoms with Gasteiger partial charge in [0.2, 0.25) is 0 Å². The Morgan fingerprint density at radius 3 is 2.55 bits per heavy atom. The van der Waals surface area contributed by atoms with Crippen LogP contribution in [0.25, 0.3) is 22.5 Å². The Balaban J connectivity index is 2.02. The van der Waals surface area contributed by atoms with Crippen LogP contribution in [-0.2, 0) is 0 Å². The summed E-state index contributed by atoms with van der Waals surface area (Å²) in [6.07, 6.45) is 4.06. The third-order valence-electron chi connectivity index (χ3n) is 3.86. The van der Waals surface area contributed by atoms with E-state index in [2.05, 4.69) is 65.5 Å². The lowest BCUT2D eigenvalue weighted by Crippen LogP contribution is -2.19. The Hall–Kier alpha value is -2.61. The first-order valence-corrected chi connectivity index (χ1v) is 6.73. The molecule has 2 nitrogen and oxygen atoms in total. The molecule has 2 aromatic carbocycles. The van der Waals surface area contributed by atoms with Gasteiger partial charge in [0, 0.05) is 24.3 Å². The molecule has 2 heterocycles. The van der Waals surface area contributed by atoms with Crippen molar-refractivity contribution in [3.8, 4) is 0 Å². The molecule has 1 aliphatic rings. The first kappa shape index (κ1) is 11.2. The summed E-state index contributed by atoms with van der Waals surface area (Å²) in [5.41, 5.74) is 4.64. The van der Waals surface area contributed by atoms with E-state index in [1.54, 1.807) is 0 Å². The van der Waals surface area contributed by atoms with E-state index in [9.17, 15) is 0 Å². The Morgan fingerprint density at radius 2 is 1.75 bits per heavy atom. The predicted molar refractivity (Wildman–Crippen MR) is 84.5 cm³/mol. The fourth-order valence-corrected chi connectivity index (χ4v) is 2.88. The van der Waals surface area contributed by atoms with Gasteiger partial charge in [-0.05, 0) is 35.2 Å². The summed E-state index contributed by atoms with van der Waals surface area (Å²) in [5.74, 6) is 0. The van der Waals surface area contributed by atoms with Crippen molar-refractivity contribution in [2.45, 2.75) is 0 Å². The Labute approximate surface area is 118 Å². The minimum absolute atomic E-state index is 1.00. The number of anilines is 1. The van der Waals surface area contributed by atoms with Crippen LogP contribution in [0.5, 0.6) is 0 Å². The topological polar surface area (TPSA) is 16.1 Å². The molecule has 0 spiro atoms. The largest absolute Gasteiger partial charge is 0.342 e. The molecule has 0 N–H and O–H groups in total. The van der Waals surface area contributed by atoms with E-state index < -0.39 is 0 Å². The summed E-state index contributed by atoms with van der Waals surface area (Å²) in [6.45, 7) is 0. The van der Waals surface area contributed by atoms with Crippen molar-refractivity contribution in [2.75, 3.05) is 11.9 Å². The second-order valence-electron chi connectivity index (χ2n) is 5.03. The van der Waals surface area contributed by atoms with Crippen LogP contribution in [0.1, 0.15) is 11.3 Å². The van der Waals surface area contributed by atoms with Crippen LogP contribution in [0.3, 0.4) is 0 Å². The van der Waals surface area contributed by atoms with Crippen molar-refractivity contribution < 1.29 is 0 Å². The molecule has 0 aliphatic carbocycles. The molecule has 20 heavy (non-hydrogen) atoms. The maximum Gasteiger partial charge on any atom is 0.0866 e. The molecule has 0 bridgehead atoms. The molecule has 1 aromatic heterocycles. The molecule has 3 aromatic rings. The van der Waals surface area contributed by atoms with Crippen molar-refractivity contribution >= 4 is 28.2 Å². The van der Waals surface area contributed by atoms with Crippen LogP contribution >= 0.6 is 0 Å². The zero-order valence-corrected chi connectivity index (χ0v) is 11.2. The lowest BCUT2D eigenvalue weighted by atomic mass is 9.97. The van der Waals surface area contributed by atoms with Gasteiger partial charge in [-0.15, -0.1) is 0 Å². The van der Waals surface area contributed by atoms with Crippen LogP contribution in [0.15, 0.2) is 60.8 Å². The molecule has 2 heteroatoms. The number of rotatable bonds is 1. The summed E-state index contributed by atoms with van der Waals surface area (Å²) >= 11 is 0.